The van der Waals surface area contributed by atoms with Crippen molar-refractivity contribution >= 4 is 16.0 Å². The predicted octanol–water partition coefficient (Wildman–Crippen LogP) is 1.41. The summed E-state index contributed by atoms with van der Waals surface area (Å²) in [4.78, 5) is 9.10. The minimum absolute atomic E-state index is 0.165. The number of rotatable bonds is 8. The number of piperidine rings is 1. The predicted molar refractivity (Wildman–Crippen MR) is 109 cm³/mol. The number of hydrogen-bond acceptors (Lipinski definition) is 4. The Balaban J connectivity index is 1.94. The highest BCUT2D eigenvalue weighted by atomic mass is 32.2. The number of aromatic nitrogens is 2. The molecule has 0 aromatic carbocycles. The fraction of sp³-hybridized carbons (Fsp3) is 0.778. The Bertz CT molecular complexity index is 705. The van der Waals surface area contributed by atoms with Crippen LogP contribution < -0.4 is 10.6 Å². The second-order valence-corrected chi connectivity index (χ2v) is 9.56. The minimum atomic E-state index is -3.09. The van der Waals surface area contributed by atoms with E-state index in [9.17, 15) is 8.42 Å². The van der Waals surface area contributed by atoms with E-state index in [1.54, 1.807) is 11.2 Å². The van der Waals surface area contributed by atoms with Crippen molar-refractivity contribution in [2.45, 2.75) is 59.7 Å². The van der Waals surface area contributed by atoms with Crippen LogP contribution in [0.4, 0.5) is 0 Å². The summed E-state index contributed by atoms with van der Waals surface area (Å²) < 4.78 is 27.7. The molecule has 2 heterocycles. The summed E-state index contributed by atoms with van der Waals surface area (Å²) in [7, 11) is -3.09. The fourth-order valence-electron chi connectivity index (χ4n) is 3.18. The molecule has 1 aromatic heterocycles. The van der Waals surface area contributed by atoms with E-state index in [0.29, 0.717) is 25.6 Å². The number of guanidine groups is 1. The van der Waals surface area contributed by atoms with Crippen molar-refractivity contribution in [1.82, 2.24) is 24.5 Å². The topological polar surface area (TPSA) is 91.6 Å². The highest BCUT2D eigenvalue weighted by Gasteiger charge is 2.27. The summed E-state index contributed by atoms with van der Waals surface area (Å²) in [6.45, 7) is 11.4. The van der Waals surface area contributed by atoms with Crippen LogP contribution in [0.3, 0.4) is 0 Å². The number of aliphatic imine (C=N–C) groups is 1. The van der Waals surface area contributed by atoms with Crippen LogP contribution in [0.1, 0.15) is 46.4 Å². The molecular weight excluding hydrogens is 364 g/mol. The van der Waals surface area contributed by atoms with Gasteiger partial charge in [0.2, 0.25) is 10.0 Å². The van der Waals surface area contributed by atoms with E-state index in [4.69, 9.17) is 0 Å². The molecule has 0 unspecified atom stereocenters. The third-order valence-corrected chi connectivity index (χ3v) is 6.52. The summed E-state index contributed by atoms with van der Waals surface area (Å²) in [6, 6.07) is 0.224. The molecule has 154 valence electrons. The first kappa shape index (κ1) is 21.7. The van der Waals surface area contributed by atoms with Gasteiger partial charge in [-0.15, -0.1) is 0 Å². The van der Waals surface area contributed by atoms with E-state index in [1.807, 2.05) is 19.3 Å². The molecule has 2 rings (SSSR count). The van der Waals surface area contributed by atoms with Crippen LogP contribution >= 0.6 is 0 Å². The van der Waals surface area contributed by atoms with Crippen LogP contribution in [0, 0.1) is 5.92 Å². The summed E-state index contributed by atoms with van der Waals surface area (Å²) >= 11 is 0. The van der Waals surface area contributed by atoms with Gasteiger partial charge in [0.1, 0.15) is 12.4 Å². The van der Waals surface area contributed by atoms with Gasteiger partial charge in [0.25, 0.3) is 0 Å². The van der Waals surface area contributed by atoms with Crippen molar-refractivity contribution in [3.05, 3.63) is 18.2 Å². The third-order valence-electron chi connectivity index (χ3n) is 4.64. The van der Waals surface area contributed by atoms with E-state index < -0.39 is 10.0 Å². The average molecular weight is 399 g/mol. The van der Waals surface area contributed by atoms with E-state index in [1.165, 1.54) is 0 Å². The first-order valence-corrected chi connectivity index (χ1v) is 11.5. The summed E-state index contributed by atoms with van der Waals surface area (Å²) in [5, 5.41) is 6.73. The van der Waals surface area contributed by atoms with Crippen molar-refractivity contribution in [2.24, 2.45) is 10.9 Å². The lowest BCUT2D eigenvalue weighted by Crippen LogP contribution is -2.50. The monoisotopic (exact) mass is 398 g/mol. The molecule has 0 radical (unpaired) electrons. The number of nitrogens with zero attached hydrogens (tertiary/aromatic N) is 4. The van der Waals surface area contributed by atoms with Crippen LogP contribution in [0.25, 0.3) is 0 Å². The molecule has 0 bridgehead atoms. The van der Waals surface area contributed by atoms with Crippen molar-refractivity contribution in [1.29, 1.82) is 0 Å². The van der Waals surface area contributed by atoms with Gasteiger partial charge in [-0.3, -0.25) is 0 Å². The highest BCUT2D eigenvalue weighted by Crippen LogP contribution is 2.14. The Kier molecular flexibility index (Phi) is 8.09. The van der Waals surface area contributed by atoms with Gasteiger partial charge >= 0.3 is 0 Å². The molecule has 8 nitrogen and oxygen atoms in total. The molecule has 1 aliphatic rings. The van der Waals surface area contributed by atoms with Crippen LogP contribution in [-0.4, -0.2) is 59.7 Å². The van der Waals surface area contributed by atoms with E-state index in [-0.39, 0.29) is 11.8 Å². The molecule has 1 saturated heterocycles. The zero-order valence-corrected chi connectivity index (χ0v) is 17.8. The second kappa shape index (κ2) is 10.1. The standard InChI is InChI=1S/C18H34N6O2S/c1-5-19-18(21-13-17-20-9-12-23(17)14-15(3)4)22-16-7-10-24(11-8-16)27(25,26)6-2/h9,12,15-16H,5-8,10-11,13-14H2,1-4H3,(H2,19,21,22). The quantitative estimate of drug-likeness (QED) is 0.510. The van der Waals surface area contributed by atoms with Gasteiger partial charge in [-0.1, -0.05) is 13.8 Å². The Morgan fingerprint density at radius 3 is 2.63 bits per heavy atom. The Morgan fingerprint density at radius 1 is 1.33 bits per heavy atom. The summed E-state index contributed by atoms with van der Waals surface area (Å²) in [5.41, 5.74) is 0. The SMILES string of the molecule is CCNC(=NCc1nccn1CC(C)C)NC1CCN(S(=O)(=O)CC)CC1. The van der Waals surface area contributed by atoms with Crippen LogP contribution in [0.15, 0.2) is 17.4 Å². The molecule has 0 amide bonds. The first-order valence-electron chi connectivity index (χ1n) is 9.88. The second-order valence-electron chi connectivity index (χ2n) is 7.30. The van der Waals surface area contributed by atoms with Gasteiger partial charge in [-0.2, -0.15) is 0 Å². The smallest absolute Gasteiger partial charge is 0.213 e. The number of sulfonamides is 1. The Labute approximate surface area is 163 Å². The van der Waals surface area contributed by atoms with Crippen molar-refractivity contribution in [3.63, 3.8) is 0 Å². The van der Waals surface area contributed by atoms with Gasteiger partial charge in [-0.25, -0.2) is 22.7 Å². The third kappa shape index (κ3) is 6.49. The zero-order valence-electron chi connectivity index (χ0n) is 17.0. The van der Waals surface area contributed by atoms with Gasteiger partial charge in [-0.05, 0) is 32.6 Å². The minimum Gasteiger partial charge on any atom is -0.357 e. The average Bonchev–Trinajstić information content (AvgIpc) is 3.06. The van der Waals surface area contributed by atoms with Crippen LogP contribution in [-0.2, 0) is 23.1 Å². The maximum Gasteiger partial charge on any atom is 0.213 e. The molecular formula is C18H34N6O2S. The lowest BCUT2D eigenvalue weighted by Gasteiger charge is -2.32. The molecule has 1 aromatic rings. The van der Waals surface area contributed by atoms with Crippen LogP contribution in [0.5, 0.6) is 0 Å². The van der Waals surface area contributed by atoms with Gasteiger partial charge in [0, 0.05) is 44.6 Å². The lowest BCUT2D eigenvalue weighted by molar-refractivity contribution is 0.306. The molecule has 2 N–H and O–H groups in total. The normalized spacial score (nSPS) is 17.4. The number of hydrogen-bond donors (Lipinski definition) is 2. The van der Waals surface area contributed by atoms with E-state index >= 15 is 0 Å². The largest absolute Gasteiger partial charge is 0.357 e. The maximum atomic E-state index is 12.0. The summed E-state index contributed by atoms with van der Waals surface area (Å²) in [6.07, 6.45) is 5.38. The van der Waals surface area contributed by atoms with Gasteiger partial charge in [0.05, 0.1) is 5.75 Å². The highest BCUT2D eigenvalue weighted by molar-refractivity contribution is 7.89. The Morgan fingerprint density at radius 2 is 2.04 bits per heavy atom. The number of nitrogens with one attached hydrogen (secondary N) is 2. The molecule has 0 saturated carbocycles. The van der Waals surface area contributed by atoms with Gasteiger partial charge in [0.15, 0.2) is 5.96 Å². The van der Waals surface area contributed by atoms with E-state index in [2.05, 4.69) is 39.0 Å². The number of imidazole rings is 1. The molecule has 27 heavy (non-hydrogen) atoms. The van der Waals surface area contributed by atoms with Crippen LogP contribution in [0.2, 0.25) is 0 Å². The maximum absolute atomic E-state index is 12.0. The molecule has 1 aliphatic heterocycles. The molecule has 9 heteroatoms. The van der Waals surface area contributed by atoms with Crippen molar-refractivity contribution in [3.8, 4) is 0 Å². The first-order chi connectivity index (χ1) is 12.9. The molecule has 0 atom stereocenters. The van der Waals surface area contributed by atoms with Crippen molar-refractivity contribution < 1.29 is 8.42 Å². The molecule has 1 fully saturated rings. The van der Waals surface area contributed by atoms with E-state index in [0.717, 1.165) is 37.7 Å². The lowest BCUT2D eigenvalue weighted by atomic mass is 10.1. The molecule has 0 spiro atoms. The molecule has 0 aliphatic carbocycles. The Hall–Kier alpha value is -1.61. The fourth-order valence-corrected chi connectivity index (χ4v) is 4.31. The van der Waals surface area contributed by atoms with Gasteiger partial charge < -0.3 is 15.2 Å². The summed E-state index contributed by atoms with van der Waals surface area (Å²) in [5.74, 6) is 2.43. The zero-order chi connectivity index (χ0) is 19.9. The van der Waals surface area contributed by atoms with Crippen molar-refractivity contribution in [2.75, 3.05) is 25.4 Å².